The normalized spacial score (nSPS) is 47.9. The van der Waals surface area contributed by atoms with Gasteiger partial charge in [-0.05, 0) is 20.8 Å². The molecule has 2 fully saturated rings. The van der Waals surface area contributed by atoms with E-state index in [0.717, 1.165) is 6.29 Å². The van der Waals surface area contributed by atoms with Gasteiger partial charge in [0.1, 0.15) is 17.8 Å². The number of carbonyl (C=O) groups excluding carboxylic acids is 1. The van der Waals surface area contributed by atoms with E-state index in [1.807, 2.05) is 20.8 Å². The first-order valence-electron chi connectivity index (χ1n) is 4.94. The Morgan fingerprint density at radius 2 is 2.00 bits per heavy atom. The van der Waals surface area contributed by atoms with Crippen LogP contribution in [0.5, 0.6) is 0 Å². The van der Waals surface area contributed by atoms with Gasteiger partial charge >= 0.3 is 0 Å². The van der Waals surface area contributed by atoms with E-state index < -0.39 is 29.9 Å². The second-order valence-corrected chi connectivity index (χ2v) is 4.53. The topological polar surface area (TPSA) is 54.0 Å². The monoisotopic (exact) mass is 216 g/mol. The lowest BCUT2D eigenvalue weighted by Gasteiger charge is -2.28. The van der Waals surface area contributed by atoms with Crippen LogP contribution in [0.1, 0.15) is 20.8 Å². The second kappa shape index (κ2) is 3.25. The maximum absolute atomic E-state index is 10.8. The van der Waals surface area contributed by atoms with Gasteiger partial charge in [0.15, 0.2) is 18.4 Å². The van der Waals surface area contributed by atoms with Crippen LogP contribution in [-0.4, -0.2) is 43.3 Å². The molecule has 86 valence electrons. The molecule has 2 aliphatic heterocycles. The minimum absolute atomic E-state index is 0.407. The molecule has 2 saturated heterocycles. The van der Waals surface area contributed by atoms with E-state index in [1.54, 1.807) is 0 Å². The fourth-order valence-electron chi connectivity index (χ4n) is 2.35. The minimum atomic E-state index is -0.718. The summed E-state index contributed by atoms with van der Waals surface area (Å²) in [5.74, 6) is -0.707. The average Bonchev–Trinajstić information content (AvgIpc) is 2.51. The molecule has 15 heavy (non-hydrogen) atoms. The van der Waals surface area contributed by atoms with Gasteiger partial charge < -0.3 is 23.7 Å². The fourth-order valence-corrected chi connectivity index (χ4v) is 2.35. The van der Waals surface area contributed by atoms with Gasteiger partial charge in [-0.25, -0.2) is 0 Å². The van der Waals surface area contributed by atoms with Crippen LogP contribution in [0, 0.1) is 0 Å². The third-order valence-electron chi connectivity index (χ3n) is 2.84. The molecule has 2 aliphatic rings. The van der Waals surface area contributed by atoms with Gasteiger partial charge in [-0.2, -0.15) is 0 Å². The molecule has 0 aliphatic carbocycles. The Bertz CT molecular complexity index is 277. The molecule has 0 aromatic rings. The van der Waals surface area contributed by atoms with Crippen molar-refractivity contribution in [2.24, 2.45) is 0 Å². The number of ether oxygens (including phenoxy) is 4. The minimum Gasteiger partial charge on any atom is -0.353 e. The Balaban J connectivity index is 2.30. The highest BCUT2D eigenvalue weighted by Crippen LogP contribution is 2.46. The fraction of sp³-hybridized carbons (Fsp3) is 0.900. The molecule has 0 aromatic heterocycles. The lowest BCUT2D eigenvalue weighted by molar-refractivity contribution is -0.246. The quantitative estimate of drug-likeness (QED) is 0.628. The van der Waals surface area contributed by atoms with E-state index in [0.29, 0.717) is 0 Å². The molecule has 0 aromatic carbocycles. The molecule has 0 radical (unpaired) electrons. The second-order valence-electron chi connectivity index (χ2n) is 4.53. The molecule has 5 nitrogen and oxygen atoms in total. The molecule has 4 atom stereocenters. The zero-order chi connectivity index (χ0) is 11.3. The summed E-state index contributed by atoms with van der Waals surface area (Å²) in [7, 11) is 1.52. The van der Waals surface area contributed by atoms with Crippen molar-refractivity contribution in [3.63, 3.8) is 0 Å². The first-order valence-corrected chi connectivity index (χ1v) is 4.94. The van der Waals surface area contributed by atoms with Gasteiger partial charge in [-0.3, -0.25) is 0 Å². The van der Waals surface area contributed by atoms with E-state index in [9.17, 15) is 4.79 Å². The molecule has 0 saturated carbocycles. The highest BCUT2D eigenvalue weighted by molar-refractivity contribution is 5.58. The number of aldehydes is 1. The SMILES string of the molecule is COC1O[C@H](C=O)[C@H]2OC(C)(C)O[C@@]12C. The molecule has 0 spiro atoms. The van der Waals surface area contributed by atoms with Crippen molar-refractivity contribution >= 4 is 6.29 Å². The van der Waals surface area contributed by atoms with Crippen LogP contribution in [-0.2, 0) is 23.7 Å². The first kappa shape index (κ1) is 11.0. The van der Waals surface area contributed by atoms with Crippen LogP contribution in [0.25, 0.3) is 0 Å². The molecule has 2 rings (SSSR count). The van der Waals surface area contributed by atoms with Crippen molar-refractivity contribution in [2.45, 2.75) is 50.7 Å². The zero-order valence-corrected chi connectivity index (χ0v) is 9.35. The number of hydrogen-bond donors (Lipinski definition) is 0. The Hall–Kier alpha value is -0.490. The Kier molecular flexibility index (Phi) is 2.38. The van der Waals surface area contributed by atoms with Crippen molar-refractivity contribution in [3.8, 4) is 0 Å². The molecule has 0 N–H and O–H groups in total. The lowest BCUT2D eigenvalue weighted by Crippen LogP contribution is -2.44. The van der Waals surface area contributed by atoms with Crippen LogP contribution in [0.4, 0.5) is 0 Å². The Labute approximate surface area is 88.6 Å². The molecule has 0 amide bonds. The summed E-state index contributed by atoms with van der Waals surface area (Å²) in [5.41, 5.74) is -0.718. The zero-order valence-electron chi connectivity index (χ0n) is 9.35. The van der Waals surface area contributed by atoms with Crippen molar-refractivity contribution in [1.29, 1.82) is 0 Å². The number of hydrogen-bond acceptors (Lipinski definition) is 5. The summed E-state index contributed by atoms with van der Waals surface area (Å²) in [6, 6.07) is 0. The predicted molar refractivity (Wildman–Crippen MR) is 50.2 cm³/mol. The maximum Gasteiger partial charge on any atom is 0.189 e. The van der Waals surface area contributed by atoms with Crippen LogP contribution < -0.4 is 0 Å². The van der Waals surface area contributed by atoms with E-state index in [-0.39, 0.29) is 0 Å². The van der Waals surface area contributed by atoms with Crippen molar-refractivity contribution in [2.75, 3.05) is 7.11 Å². The number of fused-ring (bicyclic) bond motifs is 1. The standard InChI is InChI=1S/C10H16O5/c1-9(2)14-7-6(5-11)13-8(12-4)10(7,3)15-9/h5-8H,1-4H3/t6-,7-,8?,10-/m1/s1. The third-order valence-corrected chi connectivity index (χ3v) is 2.84. The summed E-state index contributed by atoms with van der Waals surface area (Å²) in [6.07, 6.45) is -0.872. The Morgan fingerprint density at radius 1 is 1.33 bits per heavy atom. The van der Waals surface area contributed by atoms with Crippen LogP contribution in [0.3, 0.4) is 0 Å². The average molecular weight is 216 g/mol. The highest BCUT2D eigenvalue weighted by Gasteiger charge is 2.63. The first-order chi connectivity index (χ1) is 6.93. The summed E-state index contributed by atoms with van der Waals surface area (Å²) >= 11 is 0. The van der Waals surface area contributed by atoms with Crippen molar-refractivity contribution < 1.29 is 23.7 Å². The lowest BCUT2D eigenvalue weighted by atomic mass is 9.98. The van der Waals surface area contributed by atoms with Crippen LogP contribution in [0.2, 0.25) is 0 Å². The van der Waals surface area contributed by atoms with Gasteiger partial charge in [-0.15, -0.1) is 0 Å². The van der Waals surface area contributed by atoms with Crippen molar-refractivity contribution in [3.05, 3.63) is 0 Å². The Morgan fingerprint density at radius 3 is 2.53 bits per heavy atom. The summed E-state index contributed by atoms with van der Waals surface area (Å²) < 4.78 is 22.0. The highest BCUT2D eigenvalue weighted by atomic mass is 16.8. The molecular weight excluding hydrogens is 200 g/mol. The van der Waals surface area contributed by atoms with Crippen molar-refractivity contribution in [1.82, 2.24) is 0 Å². The summed E-state index contributed by atoms with van der Waals surface area (Å²) in [5, 5.41) is 0. The van der Waals surface area contributed by atoms with E-state index in [1.165, 1.54) is 7.11 Å². The van der Waals surface area contributed by atoms with Gasteiger partial charge in [0.05, 0.1) is 0 Å². The molecule has 5 heteroatoms. The molecular formula is C10H16O5. The summed E-state index contributed by atoms with van der Waals surface area (Å²) in [4.78, 5) is 10.8. The molecule has 0 bridgehead atoms. The number of carbonyl (C=O) groups is 1. The molecule has 1 unspecified atom stereocenters. The number of methoxy groups -OCH3 is 1. The largest absolute Gasteiger partial charge is 0.353 e. The van der Waals surface area contributed by atoms with Gasteiger partial charge in [0.25, 0.3) is 0 Å². The molecule has 2 heterocycles. The predicted octanol–water partition coefficient (Wildman–Crippen LogP) is 0.467. The van der Waals surface area contributed by atoms with E-state index in [4.69, 9.17) is 18.9 Å². The smallest absolute Gasteiger partial charge is 0.189 e. The number of rotatable bonds is 2. The maximum atomic E-state index is 10.8. The summed E-state index contributed by atoms with van der Waals surface area (Å²) in [6.45, 7) is 5.46. The van der Waals surface area contributed by atoms with Crippen LogP contribution >= 0.6 is 0 Å². The van der Waals surface area contributed by atoms with Gasteiger partial charge in [0.2, 0.25) is 0 Å². The van der Waals surface area contributed by atoms with E-state index in [2.05, 4.69) is 0 Å². The van der Waals surface area contributed by atoms with Gasteiger partial charge in [-0.1, -0.05) is 0 Å². The van der Waals surface area contributed by atoms with E-state index >= 15 is 0 Å². The van der Waals surface area contributed by atoms with Gasteiger partial charge in [0, 0.05) is 7.11 Å². The third kappa shape index (κ3) is 1.50. The van der Waals surface area contributed by atoms with Crippen LogP contribution in [0.15, 0.2) is 0 Å².